The van der Waals surface area contributed by atoms with E-state index in [4.69, 9.17) is 10.9 Å². The zero-order chi connectivity index (χ0) is 15.3. The van der Waals surface area contributed by atoms with E-state index in [0.717, 1.165) is 45.0 Å². The van der Waals surface area contributed by atoms with Gasteiger partial charge in [-0.05, 0) is 25.1 Å². The monoisotopic (exact) mass is 291 g/mol. The highest BCUT2D eigenvalue weighted by Gasteiger charge is 2.25. The molecule has 0 bridgehead atoms. The van der Waals surface area contributed by atoms with Gasteiger partial charge < -0.3 is 15.8 Å². The van der Waals surface area contributed by atoms with Crippen molar-refractivity contribution >= 4 is 11.7 Å². The Balaban J connectivity index is 1.80. The molecule has 0 amide bonds. The Bertz CT molecular complexity index is 466. The van der Waals surface area contributed by atoms with Gasteiger partial charge >= 0.3 is 0 Å². The van der Waals surface area contributed by atoms with E-state index in [1.165, 1.54) is 0 Å². The lowest BCUT2D eigenvalue weighted by Crippen LogP contribution is -2.48. The molecular formula is C15H25N5O. The molecule has 0 atom stereocenters. The average Bonchev–Trinajstić information content (AvgIpc) is 2.53. The van der Waals surface area contributed by atoms with E-state index in [-0.39, 0.29) is 5.41 Å². The summed E-state index contributed by atoms with van der Waals surface area (Å²) < 4.78 is 0. The molecule has 0 spiro atoms. The molecule has 0 aromatic carbocycles. The van der Waals surface area contributed by atoms with Crippen LogP contribution >= 0.6 is 0 Å². The number of nitrogens with two attached hydrogens (primary N) is 1. The summed E-state index contributed by atoms with van der Waals surface area (Å²) in [6.45, 7) is 8.98. The van der Waals surface area contributed by atoms with Gasteiger partial charge in [-0.1, -0.05) is 25.1 Å². The summed E-state index contributed by atoms with van der Waals surface area (Å²) in [6.07, 6.45) is 2.72. The molecule has 21 heavy (non-hydrogen) atoms. The second kappa shape index (κ2) is 6.76. The van der Waals surface area contributed by atoms with Crippen LogP contribution in [0.3, 0.4) is 0 Å². The van der Waals surface area contributed by atoms with Gasteiger partial charge in [0.2, 0.25) is 0 Å². The molecule has 1 aliphatic heterocycles. The fourth-order valence-corrected chi connectivity index (χ4v) is 2.44. The summed E-state index contributed by atoms with van der Waals surface area (Å²) in [5.41, 5.74) is 5.46. The lowest BCUT2D eigenvalue weighted by atomic mass is 9.88. The van der Waals surface area contributed by atoms with Gasteiger partial charge in [0.15, 0.2) is 0 Å². The van der Waals surface area contributed by atoms with Crippen LogP contribution in [0.4, 0.5) is 5.82 Å². The number of hydrogen-bond acceptors (Lipinski definition) is 5. The normalized spacial score (nSPS) is 18.0. The molecule has 1 fully saturated rings. The van der Waals surface area contributed by atoms with Crippen molar-refractivity contribution in [3.63, 3.8) is 0 Å². The van der Waals surface area contributed by atoms with E-state index in [2.05, 4.69) is 26.0 Å². The SMILES string of the molecule is CC(C)(CCN1CCN(c2ccccn2)CC1)C(N)=NO. The summed E-state index contributed by atoms with van der Waals surface area (Å²) in [7, 11) is 0. The van der Waals surface area contributed by atoms with Crippen LogP contribution in [0.2, 0.25) is 0 Å². The molecule has 0 radical (unpaired) electrons. The van der Waals surface area contributed by atoms with Gasteiger partial charge in [-0.3, -0.25) is 4.90 Å². The summed E-state index contributed by atoms with van der Waals surface area (Å²) in [5, 5.41) is 11.9. The number of amidine groups is 1. The van der Waals surface area contributed by atoms with Crippen molar-refractivity contribution in [2.75, 3.05) is 37.6 Å². The van der Waals surface area contributed by atoms with Crippen LogP contribution in [-0.2, 0) is 0 Å². The van der Waals surface area contributed by atoms with Crippen molar-refractivity contribution in [1.29, 1.82) is 0 Å². The minimum atomic E-state index is -0.271. The molecule has 1 saturated heterocycles. The molecule has 3 N–H and O–H groups in total. The highest BCUT2D eigenvalue weighted by molar-refractivity contribution is 5.85. The van der Waals surface area contributed by atoms with Crippen LogP contribution in [0.15, 0.2) is 29.6 Å². The van der Waals surface area contributed by atoms with Gasteiger partial charge in [-0.25, -0.2) is 4.98 Å². The maximum absolute atomic E-state index is 8.80. The Kier molecular flexibility index (Phi) is 5.01. The first kappa shape index (κ1) is 15.6. The summed E-state index contributed by atoms with van der Waals surface area (Å²) >= 11 is 0. The van der Waals surface area contributed by atoms with Crippen molar-refractivity contribution in [2.24, 2.45) is 16.3 Å². The van der Waals surface area contributed by atoms with Crippen molar-refractivity contribution in [3.8, 4) is 0 Å². The lowest BCUT2D eigenvalue weighted by molar-refractivity contribution is 0.229. The summed E-state index contributed by atoms with van der Waals surface area (Å²) in [4.78, 5) is 9.13. The largest absolute Gasteiger partial charge is 0.409 e. The molecule has 1 aliphatic rings. The van der Waals surface area contributed by atoms with Crippen molar-refractivity contribution < 1.29 is 5.21 Å². The number of oxime groups is 1. The van der Waals surface area contributed by atoms with Crippen LogP contribution in [-0.4, -0.2) is 53.7 Å². The third-order valence-electron chi connectivity index (χ3n) is 4.20. The van der Waals surface area contributed by atoms with Crippen molar-refractivity contribution in [2.45, 2.75) is 20.3 Å². The number of rotatable bonds is 5. The maximum atomic E-state index is 8.80. The molecule has 6 nitrogen and oxygen atoms in total. The maximum Gasteiger partial charge on any atom is 0.144 e. The van der Waals surface area contributed by atoms with E-state index in [0.29, 0.717) is 5.84 Å². The Hall–Kier alpha value is -1.82. The Morgan fingerprint density at radius 3 is 2.62 bits per heavy atom. The minimum Gasteiger partial charge on any atom is -0.409 e. The predicted molar refractivity (Wildman–Crippen MR) is 84.7 cm³/mol. The van der Waals surface area contributed by atoms with E-state index >= 15 is 0 Å². The third kappa shape index (κ3) is 4.07. The third-order valence-corrected chi connectivity index (χ3v) is 4.20. The van der Waals surface area contributed by atoms with Crippen LogP contribution < -0.4 is 10.6 Å². The van der Waals surface area contributed by atoms with Gasteiger partial charge in [0.25, 0.3) is 0 Å². The topological polar surface area (TPSA) is 78.0 Å². The quantitative estimate of drug-likeness (QED) is 0.371. The number of piperazine rings is 1. The number of aromatic nitrogens is 1. The first-order valence-electron chi connectivity index (χ1n) is 7.39. The van der Waals surface area contributed by atoms with E-state index in [1.54, 1.807) is 0 Å². The van der Waals surface area contributed by atoms with Gasteiger partial charge in [0.1, 0.15) is 11.7 Å². The van der Waals surface area contributed by atoms with Crippen LogP contribution in [0, 0.1) is 5.41 Å². The molecule has 116 valence electrons. The number of pyridine rings is 1. The molecule has 0 aliphatic carbocycles. The summed E-state index contributed by atoms with van der Waals surface area (Å²) in [6, 6.07) is 6.01. The second-order valence-electron chi connectivity index (χ2n) is 6.14. The van der Waals surface area contributed by atoms with Gasteiger partial charge in [-0.2, -0.15) is 0 Å². The van der Waals surface area contributed by atoms with Gasteiger partial charge in [-0.15, -0.1) is 0 Å². The molecule has 2 rings (SSSR count). The summed E-state index contributed by atoms with van der Waals surface area (Å²) in [5.74, 6) is 1.35. The Labute approximate surface area is 126 Å². The smallest absolute Gasteiger partial charge is 0.144 e. The van der Waals surface area contributed by atoms with Crippen LogP contribution in [0.25, 0.3) is 0 Å². The molecule has 6 heteroatoms. The first-order valence-corrected chi connectivity index (χ1v) is 7.39. The fourth-order valence-electron chi connectivity index (χ4n) is 2.44. The van der Waals surface area contributed by atoms with Crippen molar-refractivity contribution in [1.82, 2.24) is 9.88 Å². The Morgan fingerprint density at radius 1 is 1.33 bits per heavy atom. The fraction of sp³-hybridized carbons (Fsp3) is 0.600. The van der Waals surface area contributed by atoms with Crippen molar-refractivity contribution in [3.05, 3.63) is 24.4 Å². The highest BCUT2D eigenvalue weighted by atomic mass is 16.4. The molecular weight excluding hydrogens is 266 g/mol. The van der Waals surface area contributed by atoms with E-state index in [1.807, 2.05) is 32.2 Å². The number of hydrogen-bond donors (Lipinski definition) is 2. The molecule has 1 aromatic heterocycles. The lowest BCUT2D eigenvalue weighted by Gasteiger charge is -2.36. The molecule has 1 aromatic rings. The minimum absolute atomic E-state index is 0.271. The second-order valence-corrected chi connectivity index (χ2v) is 6.14. The number of anilines is 1. The predicted octanol–water partition coefficient (Wildman–Crippen LogP) is 1.37. The standard InChI is InChI=1S/C15H25N5O/c1-15(2,14(16)18-21)6-8-19-9-11-20(12-10-19)13-5-3-4-7-17-13/h3-5,7,21H,6,8-12H2,1-2H3,(H2,16,18). The molecule has 0 saturated carbocycles. The zero-order valence-corrected chi connectivity index (χ0v) is 12.9. The van der Waals surface area contributed by atoms with Crippen LogP contribution in [0.1, 0.15) is 20.3 Å². The Morgan fingerprint density at radius 2 is 2.05 bits per heavy atom. The average molecular weight is 291 g/mol. The van der Waals surface area contributed by atoms with E-state index in [9.17, 15) is 0 Å². The van der Waals surface area contributed by atoms with Crippen LogP contribution in [0.5, 0.6) is 0 Å². The van der Waals surface area contributed by atoms with E-state index < -0.39 is 0 Å². The zero-order valence-electron chi connectivity index (χ0n) is 12.9. The number of nitrogens with zero attached hydrogens (tertiary/aromatic N) is 4. The molecule has 2 heterocycles. The molecule has 0 unspecified atom stereocenters. The van der Waals surface area contributed by atoms with Gasteiger partial charge in [0, 0.05) is 37.8 Å². The first-order chi connectivity index (χ1) is 10.0. The highest BCUT2D eigenvalue weighted by Crippen LogP contribution is 2.21. The van der Waals surface area contributed by atoms with Gasteiger partial charge in [0.05, 0.1) is 0 Å².